The Morgan fingerprint density at radius 2 is 1.03 bits per heavy atom. The van der Waals surface area contributed by atoms with Crippen LogP contribution in [0.2, 0.25) is 0 Å². The highest BCUT2D eigenvalue weighted by Crippen LogP contribution is 2.73. The van der Waals surface area contributed by atoms with Crippen LogP contribution in [0.5, 0.6) is 0 Å². The molecule has 1 aromatic carbocycles. The highest BCUT2D eigenvalue weighted by molar-refractivity contribution is 5.70. The van der Waals surface area contributed by atoms with Crippen LogP contribution in [0.4, 0.5) is 13.2 Å². The van der Waals surface area contributed by atoms with Crippen LogP contribution in [0.15, 0.2) is 6.07 Å². The van der Waals surface area contributed by atoms with Gasteiger partial charge in [-0.3, -0.25) is 0 Å². The molecule has 0 amide bonds. The van der Waals surface area contributed by atoms with Crippen molar-refractivity contribution >= 4 is 5.97 Å². The summed E-state index contributed by atoms with van der Waals surface area (Å²) in [5, 5.41) is 8.78. The number of carbonyl (C=O) groups is 1. The predicted octanol–water partition coefficient (Wildman–Crippen LogP) is 7.57. The highest BCUT2D eigenvalue weighted by Gasteiger charge is 2.66. The average Bonchev–Trinajstić information content (AvgIpc) is 2.79. The molecule has 0 radical (unpaired) electrons. The second-order valence-electron chi connectivity index (χ2n) is 14.7. The van der Waals surface area contributed by atoms with E-state index in [4.69, 9.17) is 9.90 Å². The van der Waals surface area contributed by atoms with Gasteiger partial charge >= 0.3 is 6.18 Å². The van der Waals surface area contributed by atoms with Crippen molar-refractivity contribution in [2.75, 3.05) is 0 Å². The van der Waals surface area contributed by atoms with Gasteiger partial charge in [0.15, 0.2) is 0 Å². The molecule has 9 rings (SSSR count). The first-order chi connectivity index (χ1) is 17.8. The van der Waals surface area contributed by atoms with Gasteiger partial charge in [-0.2, -0.15) is 13.2 Å². The third kappa shape index (κ3) is 4.29. The number of carboxylic acids is 1. The molecule has 208 valence electrons. The summed E-state index contributed by atoms with van der Waals surface area (Å²) >= 11 is 0. The van der Waals surface area contributed by atoms with Crippen molar-refractivity contribution in [1.82, 2.24) is 0 Å². The first-order valence-corrected chi connectivity index (χ1v) is 15.0. The molecule has 8 bridgehead atoms. The van der Waals surface area contributed by atoms with Crippen molar-refractivity contribution in [3.05, 3.63) is 39.8 Å². The maximum absolute atomic E-state index is 10.5. The predicted molar refractivity (Wildman–Crippen MR) is 140 cm³/mol. The van der Waals surface area contributed by atoms with E-state index in [0.29, 0.717) is 10.8 Å². The molecule has 0 saturated heterocycles. The molecule has 0 heterocycles. The van der Waals surface area contributed by atoms with Gasteiger partial charge in [-0.1, -0.05) is 0 Å². The van der Waals surface area contributed by atoms with Gasteiger partial charge in [-0.25, -0.2) is 0 Å². The zero-order valence-corrected chi connectivity index (χ0v) is 23.5. The summed E-state index contributed by atoms with van der Waals surface area (Å²) < 4.78 is 31.5. The molecule has 0 aliphatic heterocycles. The minimum Gasteiger partial charge on any atom is -0.542 e. The van der Waals surface area contributed by atoms with E-state index in [9.17, 15) is 13.2 Å². The Bertz CT molecular complexity index is 1000. The maximum Gasteiger partial charge on any atom is 0.430 e. The number of aliphatic carboxylic acids is 1. The van der Waals surface area contributed by atoms with Crippen molar-refractivity contribution in [3.8, 4) is 0 Å². The van der Waals surface area contributed by atoms with Crippen molar-refractivity contribution in [2.24, 2.45) is 46.3 Å². The summed E-state index contributed by atoms with van der Waals surface area (Å²) in [5.41, 5.74) is 9.18. The number of alkyl halides is 3. The first kappa shape index (κ1) is 26.6. The molecule has 38 heavy (non-hydrogen) atoms. The summed E-state index contributed by atoms with van der Waals surface area (Å²) in [7, 11) is 0. The summed E-state index contributed by atoms with van der Waals surface area (Å²) in [6, 6.07) is 2.68. The lowest BCUT2D eigenvalue weighted by molar-refractivity contribution is -0.344. The normalized spacial score (nSPS) is 40.2. The number of rotatable bonds is 3. The van der Waals surface area contributed by atoms with Crippen molar-refractivity contribution < 1.29 is 23.1 Å². The number of aryl methyl sites for hydroxylation is 1. The molecule has 8 fully saturated rings. The molecule has 8 aliphatic rings. The van der Waals surface area contributed by atoms with Crippen LogP contribution in [0, 0.1) is 80.0 Å². The van der Waals surface area contributed by atoms with Crippen LogP contribution in [-0.4, -0.2) is 12.1 Å². The van der Waals surface area contributed by atoms with Crippen LogP contribution >= 0.6 is 0 Å². The van der Waals surface area contributed by atoms with E-state index in [2.05, 4.69) is 39.7 Å². The molecule has 2 nitrogen and oxygen atoms in total. The van der Waals surface area contributed by atoms with Crippen LogP contribution < -0.4 is 5.11 Å². The summed E-state index contributed by atoms with van der Waals surface area (Å²) in [6.07, 6.45) is 13.5. The monoisotopic (exact) mass is 528 g/mol. The Kier molecular flexibility index (Phi) is 6.24. The minimum absolute atomic E-state index is 0.555. The number of benzene rings is 1. The smallest absolute Gasteiger partial charge is 0.430 e. The van der Waals surface area contributed by atoms with E-state index < -0.39 is 12.1 Å². The third-order valence-electron chi connectivity index (χ3n) is 12.1. The van der Waals surface area contributed by atoms with Crippen molar-refractivity contribution in [1.29, 1.82) is 0 Å². The maximum atomic E-state index is 10.5. The molecule has 8 aliphatic carbocycles. The van der Waals surface area contributed by atoms with Gasteiger partial charge in [-0.05, 0) is 139 Å². The average molecular weight is 529 g/mol. The highest BCUT2D eigenvalue weighted by atomic mass is 19.4. The fourth-order valence-electron chi connectivity index (χ4n) is 11.4. The molecular weight excluding hydrogens is 485 g/mol. The zero-order chi connectivity index (χ0) is 27.2. The zero-order valence-electron chi connectivity index (χ0n) is 23.5. The Morgan fingerprint density at radius 3 is 1.32 bits per heavy atom. The Balaban J connectivity index is 0.000000337. The summed E-state index contributed by atoms with van der Waals surface area (Å²) in [4.78, 5) is 8.78. The number of carbonyl (C=O) groups excluding carboxylic acids is 1. The standard InChI is InChI=1S/C31H43.C2HF3O2/c1-18-5-28(21(4)20(3)19(18)2)29(30-12-22-6-23(13-30)8-24(7-22)14-30)31-15-25-9-26(16-31)11-27(10-25)17-31;3-2(4,5)1(6)7/h5,22-27H,6-17H2,1-4H3;(H,6,7)/q+1;/p-1. The van der Waals surface area contributed by atoms with Gasteiger partial charge in [-0.15, -0.1) is 0 Å². The van der Waals surface area contributed by atoms with E-state index >= 15 is 0 Å². The lowest BCUT2D eigenvalue weighted by Gasteiger charge is -2.64. The SMILES string of the molecule is Cc1cc([C+](C23CC4CC(CC(C4)C2)C3)C23CC4CC(CC(C4)C2)C3)c(C)c(C)c1C.O=C([O-])C(F)(F)F. The number of carboxylic acid groups (broad SMARTS) is 1. The topological polar surface area (TPSA) is 40.1 Å². The Hall–Kier alpha value is -1.65. The van der Waals surface area contributed by atoms with Gasteiger partial charge in [0.05, 0.1) is 5.56 Å². The fraction of sp³-hybridized carbons (Fsp3) is 0.758. The van der Waals surface area contributed by atoms with Gasteiger partial charge in [0.25, 0.3) is 0 Å². The molecule has 0 spiro atoms. The number of halogens is 3. The van der Waals surface area contributed by atoms with Crippen LogP contribution in [0.3, 0.4) is 0 Å². The molecule has 8 saturated carbocycles. The molecule has 0 aromatic heterocycles. The molecular formula is C33H43F3O2. The van der Waals surface area contributed by atoms with Gasteiger partial charge in [0.1, 0.15) is 11.5 Å². The molecule has 0 atom stereocenters. The van der Waals surface area contributed by atoms with E-state index in [1.165, 1.54) is 5.56 Å². The fourth-order valence-corrected chi connectivity index (χ4v) is 11.4. The quantitative estimate of drug-likeness (QED) is 0.380. The van der Waals surface area contributed by atoms with Crippen LogP contribution in [-0.2, 0) is 4.79 Å². The molecule has 1 aromatic rings. The van der Waals surface area contributed by atoms with E-state index in [1.54, 1.807) is 99.3 Å². The molecule has 5 heteroatoms. The third-order valence-corrected chi connectivity index (χ3v) is 12.1. The van der Waals surface area contributed by atoms with Gasteiger partial charge in [0, 0.05) is 40.9 Å². The first-order valence-electron chi connectivity index (χ1n) is 15.0. The Morgan fingerprint density at radius 1 is 0.711 bits per heavy atom. The van der Waals surface area contributed by atoms with E-state index in [-0.39, 0.29) is 0 Å². The minimum atomic E-state index is -5.19. The van der Waals surface area contributed by atoms with Gasteiger partial charge < -0.3 is 9.90 Å². The molecule has 0 unspecified atom stereocenters. The van der Waals surface area contributed by atoms with Crippen LogP contribution in [0.25, 0.3) is 0 Å². The lowest BCUT2D eigenvalue weighted by Crippen LogP contribution is -2.57. The summed E-state index contributed by atoms with van der Waals surface area (Å²) in [6.45, 7) is 9.65. The van der Waals surface area contributed by atoms with Crippen LogP contribution in [0.1, 0.15) is 105 Å². The van der Waals surface area contributed by atoms with Crippen molar-refractivity contribution in [3.63, 3.8) is 0 Å². The Labute approximate surface area is 226 Å². The van der Waals surface area contributed by atoms with Crippen molar-refractivity contribution in [2.45, 2.75) is 111 Å². The van der Waals surface area contributed by atoms with E-state index in [1.807, 2.05) is 0 Å². The second-order valence-corrected chi connectivity index (χ2v) is 14.7. The molecule has 0 N–H and O–H groups in total. The number of hydrogen-bond donors (Lipinski definition) is 0. The van der Waals surface area contributed by atoms with Gasteiger partial charge in [0.2, 0.25) is 0 Å². The summed E-state index contributed by atoms with van der Waals surface area (Å²) in [5.74, 6) is 5.32. The van der Waals surface area contributed by atoms with E-state index in [0.717, 1.165) is 35.5 Å². The second kappa shape index (κ2) is 8.93. The largest absolute Gasteiger partial charge is 0.542 e. The lowest BCUT2D eigenvalue weighted by atomic mass is 9.37. The number of hydrogen-bond acceptors (Lipinski definition) is 2.